The Bertz CT molecular complexity index is 525. The number of aryl methyl sites for hydroxylation is 1. The van der Waals surface area contributed by atoms with E-state index in [0.717, 1.165) is 31.2 Å². The highest BCUT2D eigenvalue weighted by atomic mass is 32.2. The second-order valence-electron chi connectivity index (χ2n) is 5.43. The van der Waals surface area contributed by atoms with E-state index in [4.69, 9.17) is 0 Å². The summed E-state index contributed by atoms with van der Waals surface area (Å²) in [6.45, 7) is 2.03. The van der Waals surface area contributed by atoms with E-state index in [0.29, 0.717) is 12.8 Å². The molecule has 2 rings (SSSR count). The zero-order chi connectivity index (χ0) is 14.6. The minimum absolute atomic E-state index is 0.270. The Hall–Kier alpha value is -0.910. The van der Waals surface area contributed by atoms with Gasteiger partial charge in [0.05, 0.1) is 11.0 Å². The molecule has 0 saturated heterocycles. The van der Waals surface area contributed by atoms with Gasteiger partial charge in [-0.3, -0.25) is 0 Å². The van der Waals surface area contributed by atoms with Crippen LogP contribution in [0.5, 0.6) is 0 Å². The van der Waals surface area contributed by atoms with E-state index in [2.05, 4.69) is 4.72 Å². The lowest BCUT2D eigenvalue weighted by molar-refractivity contribution is 0.130. The molecule has 2 N–H and O–H groups in total. The van der Waals surface area contributed by atoms with Gasteiger partial charge in [-0.25, -0.2) is 13.1 Å². The number of aliphatic hydroxyl groups excluding tert-OH is 1. The molecule has 1 aromatic rings. The van der Waals surface area contributed by atoms with E-state index < -0.39 is 16.1 Å². The molecule has 0 radical (unpaired) electrons. The van der Waals surface area contributed by atoms with E-state index in [-0.39, 0.29) is 10.9 Å². The van der Waals surface area contributed by atoms with Gasteiger partial charge in [-0.1, -0.05) is 38.3 Å². The third-order valence-corrected chi connectivity index (χ3v) is 5.43. The average molecular weight is 297 g/mol. The molecule has 0 spiro atoms. The van der Waals surface area contributed by atoms with Crippen LogP contribution in [0.4, 0.5) is 0 Å². The third kappa shape index (κ3) is 3.81. The molecule has 2 atom stereocenters. The predicted molar refractivity (Wildman–Crippen MR) is 79.0 cm³/mol. The van der Waals surface area contributed by atoms with Crippen molar-refractivity contribution in [3.05, 3.63) is 29.8 Å². The van der Waals surface area contributed by atoms with Crippen LogP contribution in [-0.4, -0.2) is 25.7 Å². The number of sulfonamides is 1. The Morgan fingerprint density at radius 2 is 1.80 bits per heavy atom. The number of benzene rings is 1. The summed E-state index contributed by atoms with van der Waals surface area (Å²) in [5.74, 6) is 0. The zero-order valence-electron chi connectivity index (χ0n) is 11.9. The van der Waals surface area contributed by atoms with Crippen LogP contribution in [0.25, 0.3) is 0 Å². The summed E-state index contributed by atoms with van der Waals surface area (Å²) in [4.78, 5) is 0.270. The molecule has 1 fully saturated rings. The number of nitrogens with one attached hydrogen (secondary N) is 1. The Kier molecular flexibility index (Phi) is 5.18. The summed E-state index contributed by atoms with van der Waals surface area (Å²) in [6, 6.07) is 6.55. The maximum absolute atomic E-state index is 12.3. The summed E-state index contributed by atoms with van der Waals surface area (Å²) in [5, 5.41) is 10.0. The van der Waals surface area contributed by atoms with Gasteiger partial charge in [0.15, 0.2) is 0 Å². The van der Waals surface area contributed by atoms with Crippen molar-refractivity contribution in [3.63, 3.8) is 0 Å². The normalized spacial score (nSPS) is 24.3. The molecule has 5 heteroatoms. The first-order valence-corrected chi connectivity index (χ1v) is 8.80. The van der Waals surface area contributed by atoms with Gasteiger partial charge < -0.3 is 5.11 Å². The molecular formula is C15H23NO3S. The van der Waals surface area contributed by atoms with Gasteiger partial charge in [0.25, 0.3) is 0 Å². The van der Waals surface area contributed by atoms with Crippen LogP contribution in [-0.2, 0) is 16.4 Å². The summed E-state index contributed by atoms with van der Waals surface area (Å²) < 4.78 is 27.3. The third-order valence-electron chi connectivity index (χ3n) is 3.93. The molecule has 1 aliphatic rings. The fourth-order valence-electron chi connectivity index (χ4n) is 2.60. The van der Waals surface area contributed by atoms with Crippen LogP contribution in [0.3, 0.4) is 0 Å². The fraction of sp³-hybridized carbons (Fsp3) is 0.600. The molecule has 1 saturated carbocycles. The van der Waals surface area contributed by atoms with Gasteiger partial charge in [-0.05, 0) is 37.0 Å². The molecule has 0 heterocycles. The number of aliphatic hydroxyl groups is 1. The van der Waals surface area contributed by atoms with Crippen LogP contribution in [0.2, 0.25) is 0 Å². The second-order valence-corrected chi connectivity index (χ2v) is 7.14. The van der Waals surface area contributed by atoms with E-state index in [1.165, 1.54) is 0 Å². The summed E-state index contributed by atoms with van der Waals surface area (Å²) in [7, 11) is -3.54. The Morgan fingerprint density at radius 1 is 1.15 bits per heavy atom. The van der Waals surface area contributed by atoms with Crippen LogP contribution >= 0.6 is 0 Å². The summed E-state index contributed by atoms with van der Waals surface area (Å²) in [6.07, 6.45) is 4.65. The standard InChI is InChI=1S/C15H23NO3S/c1-2-12-8-10-13(11-9-12)20(18,19)16-14-6-4-3-5-7-15(14)17/h8-11,14-17H,2-7H2,1H3. The molecule has 0 amide bonds. The van der Waals surface area contributed by atoms with Gasteiger partial charge in [0, 0.05) is 6.04 Å². The summed E-state index contributed by atoms with van der Waals surface area (Å²) in [5.41, 5.74) is 1.11. The highest BCUT2D eigenvalue weighted by molar-refractivity contribution is 7.89. The van der Waals surface area contributed by atoms with Crippen molar-refractivity contribution >= 4 is 10.0 Å². The highest BCUT2D eigenvalue weighted by Gasteiger charge is 2.26. The number of hydrogen-bond acceptors (Lipinski definition) is 3. The monoisotopic (exact) mass is 297 g/mol. The van der Waals surface area contributed by atoms with E-state index in [1.807, 2.05) is 19.1 Å². The smallest absolute Gasteiger partial charge is 0.240 e. The van der Waals surface area contributed by atoms with Crippen LogP contribution in [0.1, 0.15) is 44.6 Å². The molecule has 0 aromatic heterocycles. The van der Waals surface area contributed by atoms with Crippen LogP contribution < -0.4 is 4.72 Å². The Balaban J connectivity index is 2.12. The van der Waals surface area contributed by atoms with Gasteiger partial charge in [-0.2, -0.15) is 0 Å². The SMILES string of the molecule is CCc1ccc(S(=O)(=O)NC2CCCCCC2O)cc1. The molecule has 2 unspecified atom stereocenters. The minimum Gasteiger partial charge on any atom is -0.391 e. The first kappa shape index (κ1) is 15.5. The predicted octanol–water partition coefficient (Wildman–Crippen LogP) is 2.22. The molecule has 0 bridgehead atoms. The largest absolute Gasteiger partial charge is 0.391 e. The average Bonchev–Trinajstić information content (AvgIpc) is 2.64. The maximum Gasteiger partial charge on any atom is 0.240 e. The quantitative estimate of drug-likeness (QED) is 0.837. The number of hydrogen-bond donors (Lipinski definition) is 2. The Morgan fingerprint density at radius 3 is 2.45 bits per heavy atom. The lowest BCUT2D eigenvalue weighted by Gasteiger charge is -2.21. The van der Waals surface area contributed by atoms with Crippen LogP contribution in [0, 0.1) is 0 Å². The highest BCUT2D eigenvalue weighted by Crippen LogP contribution is 2.20. The van der Waals surface area contributed by atoms with E-state index >= 15 is 0 Å². The van der Waals surface area contributed by atoms with Gasteiger partial charge in [-0.15, -0.1) is 0 Å². The first-order chi connectivity index (χ1) is 9.53. The Labute approximate surface area is 121 Å². The van der Waals surface area contributed by atoms with Gasteiger partial charge in [0.1, 0.15) is 0 Å². The zero-order valence-corrected chi connectivity index (χ0v) is 12.7. The fourth-order valence-corrected chi connectivity index (χ4v) is 3.90. The molecule has 4 nitrogen and oxygen atoms in total. The molecule has 20 heavy (non-hydrogen) atoms. The molecule has 112 valence electrons. The molecule has 1 aromatic carbocycles. The van der Waals surface area contributed by atoms with Crippen molar-refractivity contribution in [1.82, 2.24) is 4.72 Å². The molecular weight excluding hydrogens is 274 g/mol. The maximum atomic E-state index is 12.3. The summed E-state index contributed by atoms with van der Waals surface area (Å²) >= 11 is 0. The minimum atomic E-state index is -3.54. The van der Waals surface area contributed by atoms with Gasteiger partial charge in [0.2, 0.25) is 10.0 Å². The number of rotatable bonds is 4. The van der Waals surface area contributed by atoms with E-state index in [1.54, 1.807) is 12.1 Å². The van der Waals surface area contributed by atoms with Crippen molar-refractivity contribution in [1.29, 1.82) is 0 Å². The molecule has 1 aliphatic carbocycles. The van der Waals surface area contributed by atoms with E-state index in [9.17, 15) is 13.5 Å². The lowest BCUT2D eigenvalue weighted by atomic mass is 10.1. The topological polar surface area (TPSA) is 66.4 Å². The van der Waals surface area contributed by atoms with Crippen molar-refractivity contribution in [2.75, 3.05) is 0 Å². The second kappa shape index (κ2) is 6.70. The van der Waals surface area contributed by atoms with Crippen LogP contribution in [0.15, 0.2) is 29.2 Å². The van der Waals surface area contributed by atoms with Gasteiger partial charge >= 0.3 is 0 Å². The first-order valence-electron chi connectivity index (χ1n) is 7.32. The van der Waals surface area contributed by atoms with Crippen molar-refractivity contribution in [2.45, 2.75) is 62.5 Å². The van der Waals surface area contributed by atoms with Crippen molar-refractivity contribution in [2.24, 2.45) is 0 Å². The molecule has 0 aliphatic heterocycles. The lowest BCUT2D eigenvalue weighted by Crippen LogP contribution is -2.42. The van der Waals surface area contributed by atoms with Crippen molar-refractivity contribution in [3.8, 4) is 0 Å². The van der Waals surface area contributed by atoms with Crippen molar-refractivity contribution < 1.29 is 13.5 Å².